The van der Waals surface area contributed by atoms with Crippen LogP contribution in [0.15, 0.2) is 29.4 Å². The van der Waals surface area contributed by atoms with Crippen LogP contribution in [0.5, 0.6) is 0 Å². The summed E-state index contributed by atoms with van der Waals surface area (Å²) in [4.78, 5) is 15.4. The molecule has 20 heavy (non-hydrogen) atoms. The molecule has 3 rings (SSSR count). The molecular weight excluding hydrogens is 272 g/mol. The van der Waals surface area contributed by atoms with Gasteiger partial charge in [-0.15, -0.1) is 0 Å². The first-order chi connectivity index (χ1) is 9.65. The molecule has 1 N–H and O–H groups in total. The molecule has 0 aliphatic heterocycles. The lowest BCUT2D eigenvalue weighted by molar-refractivity contribution is -0.133. The number of aromatic nitrogens is 2. The van der Waals surface area contributed by atoms with Gasteiger partial charge in [0.05, 0.1) is 16.8 Å². The van der Waals surface area contributed by atoms with E-state index < -0.39 is 5.97 Å². The van der Waals surface area contributed by atoms with Crippen LogP contribution in [0, 0.1) is 5.92 Å². The van der Waals surface area contributed by atoms with E-state index in [1.54, 1.807) is 0 Å². The van der Waals surface area contributed by atoms with Crippen molar-refractivity contribution < 1.29 is 9.90 Å². The Morgan fingerprint density at radius 2 is 2.25 bits per heavy atom. The van der Waals surface area contributed by atoms with Gasteiger partial charge in [-0.25, -0.2) is 4.98 Å². The van der Waals surface area contributed by atoms with Gasteiger partial charge in [0.2, 0.25) is 0 Å². The summed E-state index contributed by atoms with van der Waals surface area (Å²) in [5.41, 5.74) is 2.08. The maximum Gasteiger partial charge on any atom is 0.313 e. The minimum Gasteiger partial charge on any atom is -0.481 e. The normalized spacial score (nSPS) is 22.4. The summed E-state index contributed by atoms with van der Waals surface area (Å²) in [6, 6.07) is 8.52. The van der Waals surface area contributed by atoms with Crippen LogP contribution in [0.2, 0.25) is 0 Å². The number of carboxylic acids is 1. The number of thioether (sulfide) groups is 1. The Morgan fingerprint density at radius 3 is 2.95 bits per heavy atom. The third-order valence-electron chi connectivity index (χ3n) is 3.92. The molecule has 2 atom stereocenters. The molecular formula is C15H18N2O2S. The molecule has 4 nitrogen and oxygen atoms in total. The lowest BCUT2D eigenvalue weighted by Gasteiger charge is -2.16. The fraction of sp³-hybridized carbons (Fsp3) is 0.467. The van der Waals surface area contributed by atoms with Crippen molar-refractivity contribution >= 4 is 28.8 Å². The van der Waals surface area contributed by atoms with Crippen LogP contribution in [0.4, 0.5) is 0 Å². The molecule has 106 valence electrons. The van der Waals surface area contributed by atoms with Crippen LogP contribution in [-0.2, 0) is 4.79 Å². The highest BCUT2D eigenvalue weighted by molar-refractivity contribution is 7.99. The number of imidazole rings is 1. The number of rotatable bonds is 4. The van der Waals surface area contributed by atoms with E-state index in [2.05, 4.69) is 22.5 Å². The number of para-hydroxylation sites is 2. The molecule has 1 aromatic carbocycles. The van der Waals surface area contributed by atoms with Crippen LogP contribution in [0.3, 0.4) is 0 Å². The van der Waals surface area contributed by atoms with E-state index in [4.69, 9.17) is 5.11 Å². The first kappa shape index (κ1) is 13.5. The topological polar surface area (TPSA) is 55.1 Å². The number of carboxylic acid groups (broad SMARTS) is 1. The van der Waals surface area contributed by atoms with E-state index in [-0.39, 0.29) is 5.75 Å². The van der Waals surface area contributed by atoms with Crippen LogP contribution in [0.1, 0.15) is 32.2 Å². The highest BCUT2D eigenvalue weighted by atomic mass is 32.2. The number of hydrogen-bond donors (Lipinski definition) is 1. The number of carbonyl (C=O) groups is 1. The SMILES string of the molecule is CC1CCC(n2c(SCC(=O)O)nc3ccccc32)C1. The van der Waals surface area contributed by atoms with E-state index in [1.165, 1.54) is 18.2 Å². The van der Waals surface area contributed by atoms with Crippen LogP contribution >= 0.6 is 11.8 Å². The highest BCUT2D eigenvalue weighted by Gasteiger charge is 2.26. The number of benzene rings is 1. The summed E-state index contributed by atoms with van der Waals surface area (Å²) in [6.45, 7) is 2.28. The number of fused-ring (bicyclic) bond motifs is 1. The predicted octanol–water partition coefficient (Wildman–Crippen LogP) is 3.57. The summed E-state index contributed by atoms with van der Waals surface area (Å²) < 4.78 is 2.26. The maximum atomic E-state index is 10.8. The molecule has 0 radical (unpaired) electrons. The Kier molecular flexibility index (Phi) is 3.70. The molecule has 5 heteroatoms. The summed E-state index contributed by atoms with van der Waals surface area (Å²) >= 11 is 1.32. The van der Waals surface area contributed by atoms with Crippen molar-refractivity contribution in [2.45, 2.75) is 37.4 Å². The molecule has 1 heterocycles. The Labute approximate surface area is 122 Å². The highest BCUT2D eigenvalue weighted by Crippen LogP contribution is 2.39. The first-order valence-corrected chi connectivity index (χ1v) is 7.95. The van der Waals surface area contributed by atoms with Gasteiger partial charge in [0.1, 0.15) is 0 Å². The van der Waals surface area contributed by atoms with Crippen LogP contribution in [0.25, 0.3) is 11.0 Å². The third kappa shape index (κ3) is 2.54. The van der Waals surface area contributed by atoms with Crippen molar-refractivity contribution in [1.82, 2.24) is 9.55 Å². The predicted molar refractivity (Wildman–Crippen MR) is 80.1 cm³/mol. The molecule has 1 aromatic heterocycles. The molecule has 0 saturated heterocycles. The first-order valence-electron chi connectivity index (χ1n) is 6.96. The fourth-order valence-corrected chi connectivity index (χ4v) is 3.82. The van der Waals surface area contributed by atoms with Gasteiger partial charge >= 0.3 is 5.97 Å². The molecule has 0 bridgehead atoms. The molecule has 2 unspecified atom stereocenters. The average molecular weight is 290 g/mol. The monoisotopic (exact) mass is 290 g/mol. The lowest BCUT2D eigenvalue weighted by atomic mass is 10.1. The summed E-state index contributed by atoms with van der Waals surface area (Å²) in [5, 5.41) is 9.73. The van der Waals surface area contributed by atoms with E-state index in [0.717, 1.165) is 34.9 Å². The van der Waals surface area contributed by atoms with E-state index in [0.29, 0.717) is 6.04 Å². The van der Waals surface area contributed by atoms with Gasteiger partial charge in [-0.05, 0) is 37.3 Å². The number of aliphatic carboxylic acids is 1. The standard InChI is InChI=1S/C15H18N2O2S/c1-10-6-7-11(8-10)17-13-5-3-2-4-12(13)16-15(17)20-9-14(18)19/h2-5,10-11H,6-9H2,1H3,(H,18,19). The molecule has 2 aromatic rings. The van der Waals surface area contributed by atoms with E-state index in [1.807, 2.05) is 18.2 Å². The molecule has 1 saturated carbocycles. The zero-order valence-corrected chi connectivity index (χ0v) is 12.3. The second kappa shape index (κ2) is 5.48. The van der Waals surface area contributed by atoms with Gasteiger partial charge < -0.3 is 9.67 Å². The quantitative estimate of drug-likeness (QED) is 0.875. The Balaban J connectivity index is 2.01. The minimum absolute atomic E-state index is 0.0611. The van der Waals surface area contributed by atoms with Gasteiger partial charge in [-0.3, -0.25) is 4.79 Å². The van der Waals surface area contributed by atoms with Gasteiger partial charge in [0.15, 0.2) is 5.16 Å². The molecule has 1 aliphatic rings. The summed E-state index contributed by atoms with van der Waals surface area (Å²) in [6.07, 6.45) is 3.54. The average Bonchev–Trinajstić information content (AvgIpc) is 2.99. The molecule has 1 fully saturated rings. The molecule has 1 aliphatic carbocycles. The Hall–Kier alpha value is -1.49. The second-order valence-corrected chi connectivity index (χ2v) is 6.45. The lowest BCUT2D eigenvalue weighted by Crippen LogP contribution is -2.08. The van der Waals surface area contributed by atoms with Crippen molar-refractivity contribution in [3.05, 3.63) is 24.3 Å². The zero-order chi connectivity index (χ0) is 14.1. The largest absolute Gasteiger partial charge is 0.481 e. The Morgan fingerprint density at radius 1 is 1.45 bits per heavy atom. The van der Waals surface area contributed by atoms with Gasteiger partial charge in [0, 0.05) is 6.04 Å². The number of hydrogen-bond acceptors (Lipinski definition) is 3. The third-order valence-corrected chi connectivity index (χ3v) is 4.86. The molecule has 0 spiro atoms. The van der Waals surface area contributed by atoms with E-state index in [9.17, 15) is 4.79 Å². The van der Waals surface area contributed by atoms with Gasteiger partial charge in [-0.2, -0.15) is 0 Å². The van der Waals surface area contributed by atoms with Crippen molar-refractivity contribution in [3.63, 3.8) is 0 Å². The zero-order valence-electron chi connectivity index (χ0n) is 11.5. The smallest absolute Gasteiger partial charge is 0.313 e. The molecule has 0 amide bonds. The van der Waals surface area contributed by atoms with Gasteiger partial charge in [0.25, 0.3) is 0 Å². The van der Waals surface area contributed by atoms with Crippen molar-refractivity contribution in [3.8, 4) is 0 Å². The van der Waals surface area contributed by atoms with Crippen molar-refractivity contribution in [1.29, 1.82) is 0 Å². The summed E-state index contributed by atoms with van der Waals surface area (Å²) in [7, 11) is 0. The summed E-state index contributed by atoms with van der Waals surface area (Å²) in [5.74, 6) is -0.00197. The van der Waals surface area contributed by atoms with Crippen LogP contribution < -0.4 is 0 Å². The Bertz CT molecular complexity index is 638. The van der Waals surface area contributed by atoms with Crippen molar-refractivity contribution in [2.75, 3.05) is 5.75 Å². The fourth-order valence-electron chi connectivity index (χ4n) is 3.01. The number of nitrogens with zero attached hydrogens (tertiary/aromatic N) is 2. The second-order valence-electron chi connectivity index (χ2n) is 5.51. The van der Waals surface area contributed by atoms with E-state index >= 15 is 0 Å². The van der Waals surface area contributed by atoms with Crippen molar-refractivity contribution in [2.24, 2.45) is 5.92 Å². The maximum absolute atomic E-state index is 10.8. The van der Waals surface area contributed by atoms with Crippen LogP contribution in [-0.4, -0.2) is 26.4 Å². The van der Waals surface area contributed by atoms with Gasteiger partial charge in [-0.1, -0.05) is 30.8 Å². The minimum atomic E-state index is -0.798.